The molecule has 0 unspecified atom stereocenters. The molecule has 0 spiro atoms. The lowest BCUT2D eigenvalue weighted by Crippen LogP contribution is -2.51. The number of hydrogen-bond acceptors (Lipinski definition) is 6. The van der Waals surface area contributed by atoms with Gasteiger partial charge in [-0.1, -0.05) is 36.3 Å². The number of hydrogen-bond donors (Lipinski definition) is 1. The van der Waals surface area contributed by atoms with E-state index in [1.807, 2.05) is 30.3 Å². The van der Waals surface area contributed by atoms with Crippen LogP contribution in [0.25, 0.3) is 0 Å². The largest absolute Gasteiger partial charge is 0.445 e. The fraction of sp³-hybridized carbons (Fsp3) is 0.350. The molecule has 7 nitrogen and oxygen atoms in total. The maximum Gasteiger partial charge on any atom is 0.410 e. The Hall–Kier alpha value is -2.82. The van der Waals surface area contributed by atoms with Crippen molar-refractivity contribution in [3.63, 3.8) is 0 Å². The van der Waals surface area contributed by atoms with E-state index in [0.29, 0.717) is 32.0 Å². The van der Waals surface area contributed by atoms with Crippen LogP contribution in [-0.2, 0) is 24.4 Å². The van der Waals surface area contributed by atoms with Gasteiger partial charge in [0.2, 0.25) is 5.28 Å². The maximum absolute atomic E-state index is 12.5. The van der Waals surface area contributed by atoms with E-state index in [1.165, 1.54) is 0 Å². The quantitative estimate of drug-likeness (QED) is 0.632. The Labute approximate surface area is 168 Å². The number of ether oxygens (including phenoxy) is 1. The summed E-state index contributed by atoms with van der Waals surface area (Å²) in [5.74, 6) is 3.50. The molecule has 8 heteroatoms. The zero-order valence-corrected chi connectivity index (χ0v) is 16.0. The van der Waals surface area contributed by atoms with Gasteiger partial charge in [0.25, 0.3) is 0 Å². The van der Waals surface area contributed by atoms with Crippen LogP contribution in [0.1, 0.15) is 16.8 Å². The predicted octanol–water partition coefficient (Wildman–Crippen LogP) is 2.19. The van der Waals surface area contributed by atoms with Crippen molar-refractivity contribution in [1.29, 1.82) is 0 Å². The number of amides is 1. The number of terminal acetylenes is 1. The standard InChI is InChI=1S/C20H20ClN5O2/c1-2-15-10-22-8-9-26(15)18-16-11-25(12-17(16)23-19(21)24-18)20(27)28-13-14-6-4-3-5-7-14/h1,3-7,15,22H,8-13H2/t15-/m0/s1. The first kappa shape index (κ1) is 18.5. The highest BCUT2D eigenvalue weighted by Gasteiger charge is 2.33. The van der Waals surface area contributed by atoms with E-state index in [4.69, 9.17) is 22.8 Å². The molecule has 2 aromatic rings. The van der Waals surface area contributed by atoms with Crippen LogP contribution in [0, 0.1) is 12.3 Å². The fourth-order valence-corrected chi connectivity index (χ4v) is 3.67. The molecule has 144 valence electrons. The van der Waals surface area contributed by atoms with Crippen LogP contribution in [0.15, 0.2) is 30.3 Å². The molecule has 28 heavy (non-hydrogen) atoms. The predicted molar refractivity (Wildman–Crippen MR) is 106 cm³/mol. The lowest BCUT2D eigenvalue weighted by molar-refractivity contribution is 0.0953. The first-order valence-corrected chi connectivity index (χ1v) is 9.48. The number of anilines is 1. The van der Waals surface area contributed by atoms with Crippen LogP contribution >= 0.6 is 11.6 Å². The first-order chi connectivity index (χ1) is 13.7. The minimum atomic E-state index is -0.391. The second-order valence-electron chi connectivity index (χ2n) is 6.72. The van der Waals surface area contributed by atoms with Gasteiger partial charge in [0, 0.05) is 25.2 Å². The van der Waals surface area contributed by atoms with E-state index in [0.717, 1.165) is 23.4 Å². The molecule has 1 atom stereocenters. The number of rotatable bonds is 3. The first-order valence-electron chi connectivity index (χ1n) is 9.10. The maximum atomic E-state index is 12.5. The summed E-state index contributed by atoms with van der Waals surface area (Å²) in [5.41, 5.74) is 2.55. The lowest BCUT2D eigenvalue weighted by Gasteiger charge is -2.35. The van der Waals surface area contributed by atoms with Gasteiger partial charge >= 0.3 is 6.09 Å². The summed E-state index contributed by atoms with van der Waals surface area (Å²) in [6.07, 6.45) is 5.30. The molecule has 0 aliphatic carbocycles. The van der Waals surface area contributed by atoms with Gasteiger partial charge in [-0.15, -0.1) is 6.42 Å². The van der Waals surface area contributed by atoms with E-state index < -0.39 is 6.09 Å². The van der Waals surface area contributed by atoms with Gasteiger partial charge in [-0.05, 0) is 17.2 Å². The number of carbonyl (C=O) groups excluding carboxylic acids is 1. The van der Waals surface area contributed by atoms with Crippen molar-refractivity contribution < 1.29 is 9.53 Å². The molecule has 0 radical (unpaired) electrons. The zero-order valence-electron chi connectivity index (χ0n) is 15.3. The summed E-state index contributed by atoms with van der Waals surface area (Å²) in [5, 5.41) is 3.44. The van der Waals surface area contributed by atoms with Gasteiger partial charge in [0.15, 0.2) is 0 Å². The molecular formula is C20H20ClN5O2. The van der Waals surface area contributed by atoms with Crippen molar-refractivity contribution in [2.45, 2.75) is 25.7 Å². The normalized spacial score (nSPS) is 18.5. The van der Waals surface area contributed by atoms with Crippen LogP contribution in [0.4, 0.5) is 10.6 Å². The molecule has 3 heterocycles. The number of carbonyl (C=O) groups is 1. The summed E-state index contributed by atoms with van der Waals surface area (Å²) < 4.78 is 5.45. The molecule has 1 saturated heterocycles. The third kappa shape index (κ3) is 3.75. The second kappa shape index (κ2) is 8.05. The minimum absolute atomic E-state index is 0.122. The number of aromatic nitrogens is 2. The summed E-state index contributed by atoms with van der Waals surface area (Å²) >= 11 is 6.16. The van der Waals surface area contributed by atoms with Crippen molar-refractivity contribution in [3.05, 3.63) is 52.4 Å². The number of fused-ring (bicyclic) bond motifs is 1. The molecule has 2 aliphatic rings. The van der Waals surface area contributed by atoms with Gasteiger partial charge in [-0.2, -0.15) is 0 Å². The Morgan fingerprint density at radius 3 is 2.93 bits per heavy atom. The number of benzene rings is 1. The van der Waals surface area contributed by atoms with Crippen molar-refractivity contribution in [1.82, 2.24) is 20.2 Å². The molecule has 1 N–H and O–H groups in total. The SMILES string of the molecule is C#C[C@H]1CNCCN1c1nc(Cl)nc2c1CN(C(=O)OCc1ccccc1)C2. The number of halogens is 1. The molecule has 1 aromatic heterocycles. The monoisotopic (exact) mass is 397 g/mol. The van der Waals surface area contributed by atoms with E-state index in [1.54, 1.807) is 4.90 Å². The molecule has 0 saturated carbocycles. The topological polar surface area (TPSA) is 70.6 Å². The highest BCUT2D eigenvalue weighted by molar-refractivity contribution is 6.28. The average Bonchev–Trinajstić information content (AvgIpc) is 3.16. The van der Waals surface area contributed by atoms with Gasteiger partial charge in [-0.3, -0.25) is 4.90 Å². The van der Waals surface area contributed by atoms with Gasteiger partial charge in [-0.25, -0.2) is 14.8 Å². The van der Waals surface area contributed by atoms with Crippen molar-refractivity contribution in [2.24, 2.45) is 0 Å². The Morgan fingerprint density at radius 2 is 2.14 bits per heavy atom. The Balaban J connectivity index is 1.51. The van der Waals surface area contributed by atoms with Crippen LogP contribution in [0.2, 0.25) is 5.28 Å². The molecular weight excluding hydrogens is 378 g/mol. The summed E-state index contributed by atoms with van der Waals surface area (Å²) in [6.45, 7) is 3.13. The Kier molecular flexibility index (Phi) is 5.33. The number of piperazine rings is 1. The minimum Gasteiger partial charge on any atom is -0.445 e. The van der Waals surface area contributed by atoms with Crippen LogP contribution in [0.3, 0.4) is 0 Å². The molecule has 2 aliphatic heterocycles. The van der Waals surface area contributed by atoms with Gasteiger partial charge in [0.05, 0.1) is 18.8 Å². The molecule has 1 fully saturated rings. The zero-order chi connectivity index (χ0) is 19.5. The molecule has 1 amide bonds. The molecule has 4 rings (SSSR count). The molecule has 0 bridgehead atoms. The Morgan fingerprint density at radius 1 is 1.32 bits per heavy atom. The second-order valence-corrected chi connectivity index (χ2v) is 7.06. The fourth-order valence-electron chi connectivity index (χ4n) is 3.49. The number of nitrogens with zero attached hydrogens (tertiary/aromatic N) is 4. The third-order valence-corrected chi connectivity index (χ3v) is 5.07. The Bertz CT molecular complexity index is 915. The van der Waals surface area contributed by atoms with Crippen LogP contribution < -0.4 is 10.2 Å². The van der Waals surface area contributed by atoms with Gasteiger partial charge in [0.1, 0.15) is 18.5 Å². The molecule has 1 aromatic carbocycles. The van der Waals surface area contributed by atoms with E-state index >= 15 is 0 Å². The van der Waals surface area contributed by atoms with Crippen LogP contribution in [-0.4, -0.2) is 46.6 Å². The summed E-state index contributed by atoms with van der Waals surface area (Å²) in [6, 6.07) is 9.45. The van der Waals surface area contributed by atoms with E-state index in [-0.39, 0.29) is 17.9 Å². The van der Waals surface area contributed by atoms with Crippen molar-refractivity contribution in [3.8, 4) is 12.3 Å². The van der Waals surface area contributed by atoms with E-state index in [9.17, 15) is 4.79 Å². The highest BCUT2D eigenvalue weighted by atomic mass is 35.5. The third-order valence-electron chi connectivity index (χ3n) is 4.90. The van der Waals surface area contributed by atoms with Crippen molar-refractivity contribution in [2.75, 3.05) is 24.5 Å². The van der Waals surface area contributed by atoms with Crippen molar-refractivity contribution >= 4 is 23.5 Å². The summed E-state index contributed by atoms with van der Waals surface area (Å²) in [4.78, 5) is 25.0. The highest BCUT2D eigenvalue weighted by Crippen LogP contribution is 2.32. The van der Waals surface area contributed by atoms with Crippen LogP contribution in [0.5, 0.6) is 0 Å². The number of nitrogens with one attached hydrogen (secondary N) is 1. The van der Waals surface area contributed by atoms with E-state index in [2.05, 4.69) is 26.1 Å². The van der Waals surface area contributed by atoms with Gasteiger partial charge < -0.3 is 15.0 Å². The summed E-state index contributed by atoms with van der Waals surface area (Å²) in [7, 11) is 0. The smallest absolute Gasteiger partial charge is 0.410 e. The lowest BCUT2D eigenvalue weighted by atomic mass is 10.1. The average molecular weight is 398 g/mol.